The van der Waals surface area contributed by atoms with Gasteiger partial charge >= 0.3 is 5.97 Å². The van der Waals surface area contributed by atoms with Crippen molar-refractivity contribution in [3.05, 3.63) is 46.3 Å². The molecule has 0 saturated carbocycles. The zero-order valence-electron chi connectivity index (χ0n) is 18.5. The van der Waals surface area contributed by atoms with Crippen molar-refractivity contribution >= 4 is 40.0 Å². The summed E-state index contributed by atoms with van der Waals surface area (Å²) in [5.41, 5.74) is 2.12. The van der Waals surface area contributed by atoms with Gasteiger partial charge in [-0.2, -0.15) is 0 Å². The molecule has 0 bridgehead atoms. The lowest BCUT2D eigenvalue weighted by Crippen LogP contribution is -2.36. The summed E-state index contributed by atoms with van der Waals surface area (Å²) in [5, 5.41) is 19.3. The minimum atomic E-state index is -0.603. The zero-order chi connectivity index (χ0) is 23.4. The van der Waals surface area contributed by atoms with E-state index in [1.165, 1.54) is 16.0 Å². The molecule has 1 atom stereocenters. The molecule has 0 radical (unpaired) electrons. The van der Waals surface area contributed by atoms with E-state index in [4.69, 9.17) is 9.26 Å². The van der Waals surface area contributed by atoms with E-state index >= 15 is 0 Å². The molecule has 4 rings (SSSR count). The first kappa shape index (κ1) is 23.3. The number of nitrogens with zero attached hydrogens (tertiary/aromatic N) is 2. The van der Waals surface area contributed by atoms with Gasteiger partial charge in [-0.1, -0.05) is 25.1 Å². The molecular weight excluding hydrogens is 462 g/mol. The molecule has 1 aliphatic carbocycles. The average molecular weight is 488 g/mol. The summed E-state index contributed by atoms with van der Waals surface area (Å²) in [6.07, 6.45) is 4.24. The number of esters is 1. The highest BCUT2D eigenvalue weighted by molar-refractivity contribution is 8.00. The molecule has 0 saturated heterocycles. The predicted octanol–water partition coefficient (Wildman–Crippen LogP) is 3.65. The average Bonchev–Trinajstić information content (AvgIpc) is 3.37. The second-order valence-electron chi connectivity index (χ2n) is 7.55. The summed E-state index contributed by atoms with van der Waals surface area (Å²) in [5.74, 6) is -1.29. The minimum absolute atomic E-state index is 0.222. The molecule has 174 valence electrons. The van der Waals surface area contributed by atoms with E-state index in [1.54, 1.807) is 19.1 Å². The Morgan fingerprint density at radius 2 is 2.03 bits per heavy atom. The van der Waals surface area contributed by atoms with Crippen LogP contribution in [0.15, 0.2) is 39.9 Å². The summed E-state index contributed by atoms with van der Waals surface area (Å²) in [4.78, 5) is 27.0. The topological polar surface area (TPSA) is 108 Å². The van der Waals surface area contributed by atoms with Crippen LogP contribution in [0.5, 0.6) is 5.95 Å². The Morgan fingerprint density at radius 3 is 2.76 bits per heavy atom. The molecule has 0 spiro atoms. The highest BCUT2D eigenvalue weighted by Crippen LogP contribution is 2.39. The van der Waals surface area contributed by atoms with Gasteiger partial charge in [-0.3, -0.25) is 4.79 Å². The van der Waals surface area contributed by atoms with Crippen LogP contribution < -0.4 is 15.1 Å². The smallest absolute Gasteiger partial charge is 0.341 e. The van der Waals surface area contributed by atoms with Crippen LogP contribution in [0.2, 0.25) is 0 Å². The number of carbonyl (C=O) groups is 2. The van der Waals surface area contributed by atoms with Gasteiger partial charge in [0.2, 0.25) is 11.6 Å². The maximum atomic E-state index is 13.2. The largest absolute Gasteiger partial charge is 0.538 e. The zero-order valence-corrected chi connectivity index (χ0v) is 20.1. The Balaban J connectivity index is 1.59. The van der Waals surface area contributed by atoms with Gasteiger partial charge in [0.25, 0.3) is 5.03 Å². The molecule has 33 heavy (non-hydrogen) atoms. The van der Waals surface area contributed by atoms with Gasteiger partial charge < -0.3 is 19.7 Å². The number of fused-ring (bicyclic) bond motifs is 1. The van der Waals surface area contributed by atoms with E-state index in [0.717, 1.165) is 47.9 Å². The van der Waals surface area contributed by atoms with Gasteiger partial charge in [0.1, 0.15) is 5.00 Å². The van der Waals surface area contributed by atoms with Crippen LogP contribution >= 0.6 is 23.1 Å². The number of aryl methyl sites for hydroxylation is 1. The molecule has 2 heterocycles. The number of nitrogens with one attached hydrogen (secondary N) is 1. The standard InChI is InChI=1S/C23H25N3O5S2/c1-3-16(33-21-23(29)31-25-26(21)14-10-6-5-7-11-14)19(27)24-20-18(22(28)30-4-2)15-12-8-9-13-17(15)32-20/h5-7,10-11,16H,3-4,8-9,12-13H2,1-2H3,(H-,24,25,27,28,29). The molecule has 8 nitrogen and oxygen atoms in total. The third-order valence-electron chi connectivity index (χ3n) is 5.38. The molecule has 0 fully saturated rings. The van der Waals surface area contributed by atoms with Crippen molar-refractivity contribution < 1.29 is 28.6 Å². The van der Waals surface area contributed by atoms with Crippen LogP contribution in [0, 0.1) is 0 Å². The third kappa shape index (κ3) is 4.91. The lowest BCUT2D eigenvalue weighted by Gasteiger charge is -2.14. The highest BCUT2D eigenvalue weighted by Gasteiger charge is 2.31. The fourth-order valence-electron chi connectivity index (χ4n) is 3.79. The van der Waals surface area contributed by atoms with Crippen molar-refractivity contribution in [2.45, 2.75) is 56.2 Å². The van der Waals surface area contributed by atoms with Crippen LogP contribution in [0.3, 0.4) is 0 Å². The van der Waals surface area contributed by atoms with Crippen molar-refractivity contribution in [1.29, 1.82) is 0 Å². The first-order chi connectivity index (χ1) is 16.0. The van der Waals surface area contributed by atoms with Gasteiger partial charge in [-0.05, 0) is 61.0 Å². The summed E-state index contributed by atoms with van der Waals surface area (Å²) in [6.45, 7) is 3.90. The molecule has 2 aromatic heterocycles. The molecule has 3 aromatic rings. The number of thiophene rings is 1. The number of amides is 1. The first-order valence-corrected chi connectivity index (χ1v) is 12.7. The molecule has 10 heteroatoms. The maximum Gasteiger partial charge on any atom is 0.341 e. The summed E-state index contributed by atoms with van der Waals surface area (Å²) < 4.78 is 11.5. The Morgan fingerprint density at radius 1 is 1.27 bits per heavy atom. The normalized spacial score (nSPS) is 13.9. The molecule has 1 unspecified atom stereocenters. The predicted molar refractivity (Wildman–Crippen MR) is 123 cm³/mol. The summed E-state index contributed by atoms with van der Waals surface area (Å²) >= 11 is 2.54. The number of aromatic nitrogens is 2. The van der Waals surface area contributed by atoms with Crippen LogP contribution in [0.4, 0.5) is 5.00 Å². The Hall–Kier alpha value is -2.85. The molecule has 1 aliphatic rings. The monoisotopic (exact) mass is 487 g/mol. The number of hydrogen-bond acceptors (Lipinski definition) is 8. The Bertz CT molecular complexity index is 1140. The maximum absolute atomic E-state index is 13.2. The first-order valence-electron chi connectivity index (χ1n) is 11.0. The Kier molecular flexibility index (Phi) is 7.34. The number of para-hydroxylation sites is 1. The summed E-state index contributed by atoms with van der Waals surface area (Å²) in [7, 11) is 0. The van der Waals surface area contributed by atoms with E-state index in [2.05, 4.69) is 10.6 Å². The van der Waals surface area contributed by atoms with Crippen LogP contribution in [0.25, 0.3) is 5.69 Å². The number of carbonyl (C=O) groups excluding carboxylic acids is 2. The van der Waals surface area contributed by atoms with Crippen molar-refractivity contribution in [3.63, 3.8) is 0 Å². The molecule has 0 aliphatic heterocycles. The van der Waals surface area contributed by atoms with Gasteiger partial charge in [0.05, 0.1) is 22.7 Å². The lowest BCUT2D eigenvalue weighted by atomic mass is 9.95. The number of hydrogen-bond donors (Lipinski definition) is 1. The fraction of sp³-hybridized carbons (Fsp3) is 0.391. The van der Waals surface area contributed by atoms with Crippen LogP contribution in [-0.4, -0.2) is 29.0 Å². The minimum Gasteiger partial charge on any atom is -0.538 e. The van der Waals surface area contributed by atoms with Crippen LogP contribution in [0.1, 0.15) is 53.9 Å². The van der Waals surface area contributed by atoms with E-state index in [-0.39, 0.29) is 17.5 Å². The second-order valence-corrected chi connectivity index (χ2v) is 9.85. The van der Waals surface area contributed by atoms with E-state index in [9.17, 15) is 14.7 Å². The number of rotatable bonds is 8. The van der Waals surface area contributed by atoms with E-state index in [0.29, 0.717) is 22.7 Å². The van der Waals surface area contributed by atoms with Gasteiger partial charge in [0, 0.05) is 17.0 Å². The van der Waals surface area contributed by atoms with Gasteiger partial charge in [-0.25, -0.2) is 4.79 Å². The lowest BCUT2D eigenvalue weighted by molar-refractivity contribution is -0.705. The number of thioether (sulfide) groups is 1. The Labute approximate surface area is 199 Å². The van der Waals surface area contributed by atoms with Crippen molar-refractivity contribution in [2.24, 2.45) is 0 Å². The molecule has 1 amide bonds. The molecule has 1 aromatic carbocycles. The quantitative estimate of drug-likeness (QED) is 0.293. The number of benzene rings is 1. The van der Waals surface area contributed by atoms with E-state index < -0.39 is 17.2 Å². The number of ether oxygens (including phenoxy) is 1. The fourth-order valence-corrected chi connectivity index (χ4v) is 6.05. The van der Waals surface area contributed by atoms with Gasteiger partial charge in [0.15, 0.2) is 5.95 Å². The van der Waals surface area contributed by atoms with Gasteiger partial charge in [-0.15, -0.1) is 11.3 Å². The second kappa shape index (κ2) is 10.4. The number of anilines is 1. The molecular formula is C23H25N3O5S2. The van der Waals surface area contributed by atoms with Crippen molar-refractivity contribution in [3.8, 4) is 11.6 Å². The van der Waals surface area contributed by atoms with Crippen LogP contribution in [-0.2, 0) is 22.4 Å². The molecule has 1 N–H and O–H groups in total. The third-order valence-corrected chi connectivity index (χ3v) is 7.98. The summed E-state index contributed by atoms with van der Waals surface area (Å²) in [6, 6.07) is 9.12. The van der Waals surface area contributed by atoms with E-state index in [1.807, 2.05) is 25.1 Å². The van der Waals surface area contributed by atoms with Crippen molar-refractivity contribution in [2.75, 3.05) is 11.9 Å². The highest BCUT2D eigenvalue weighted by atomic mass is 32.2. The van der Waals surface area contributed by atoms with Crippen molar-refractivity contribution in [1.82, 2.24) is 5.27 Å². The SMILES string of the molecule is CCOC(=O)c1c(NC(=O)C(CC)Sc2c([O-])on[n+]2-c2ccccc2)sc2c1CCCC2.